The van der Waals surface area contributed by atoms with Crippen molar-refractivity contribution in [1.82, 2.24) is 14.9 Å². The van der Waals surface area contributed by atoms with E-state index in [9.17, 15) is 18.0 Å². The number of hydrogen-bond acceptors (Lipinski definition) is 7. The van der Waals surface area contributed by atoms with Crippen LogP contribution in [0.3, 0.4) is 0 Å². The summed E-state index contributed by atoms with van der Waals surface area (Å²) in [6.07, 6.45) is -0.143. The minimum absolute atomic E-state index is 0.0241. The average Bonchev–Trinajstić information content (AvgIpc) is 2.74. The largest absolute Gasteiger partial charge is 0.481 e. The van der Waals surface area contributed by atoms with Crippen molar-refractivity contribution in [2.45, 2.75) is 24.6 Å². The zero-order valence-electron chi connectivity index (χ0n) is 10.8. The van der Waals surface area contributed by atoms with Gasteiger partial charge < -0.3 is 10.4 Å². The number of aliphatic carboxylic acids is 1. The Balaban J connectivity index is 2.66. The highest BCUT2D eigenvalue weighted by Crippen LogP contribution is 2.19. The fraction of sp³-hybridized carbons (Fsp3) is 0.556. The monoisotopic (exact) mass is 322 g/mol. The molecular formula is C9H14N4O5S2. The minimum Gasteiger partial charge on any atom is -0.481 e. The van der Waals surface area contributed by atoms with Gasteiger partial charge in [0.25, 0.3) is 10.0 Å². The van der Waals surface area contributed by atoms with Crippen molar-refractivity contribution in [3.8, 4) is 0 Å². The second kappa shape index (κ2) is 6.72. The number of carbonyl (C=O) groups is 2. The normalized spacial score (nSPS) is 12.9. The molecule has 0 bridgehead atoms. The Morgan fingerprint density at radius 2 is 2.05 bits per heavy atom. The topological polar surface area (TPSA) is 138 Å². The van der Waals surface area contributed by atoms with Gasteiger partial charge in [0.05, 0.1) is 0 Å². The van der Waals surface area contributed by atoms with Crippen LogP contribution in [0, 0.1) is 5.92 Å². The fourth-order valence-corrected chi connectivity index (χ4v) is 3.36. The summed E-state index contributed by atoms with van der Waals surface area (Å²) < 4.78 is 25.7. The zero-order valence-corrected chi connectivity index (χ0v) is 12.4. The van der Waals surface area contributed by atoms with Crippen LogP contribution >= 0.6 is 11.3 Å². The molecule has 0 spiro atoms. The van der Waals surface area contributed by atoms with E-state index in [0.717, 1.165) is 0 Å². The number of carbonyl (C=O) groups excluding carboxylic acids is 1. The first kappa shape index (κ1) is 16.5. The molecule has 1 atom stereocenters. The molecule has 11 heteroatoms. The Morgan fingerprint density at radius 3 is 2.60 bits per heavy atom. The number of carboxylic acids is 1. The van der Waals surface area contributed by atoms with Crippen molar-refractivity contribution in [2.24, 2.45) is 5.92 Å². The molecule has 1 aromatic heterocycles. The summed E-state index contributed by atoms with van der Waals surface area (Å²) in [4.78, 5) is 21.3. The van der Waals surface area contributed by atoms with Crippen LogP contribution in [0.4, 0.5) is 5.13 Å². The Kier molecular flexibility index (Phi) is 5.53. The molecule has 0 saturated carbocycles. The van der Waals surface area contributed by atoms with Crippen LogP contribution < -0.4 is 10.0 Å². The van der Waals surface area contributed by atoms with Crippen LogP contribution in [-0.2, 0) is 19.6 Å². The van der Waals surface area contributed by atoms with Gasteiger partial charge in [0.2, 0.25) is 15.4 Å². The number of amides is 1. The van der Waals surface area contributed by atoms with Crippen molar-refractivity contribution in [1.29, 1.82) is 0 Å². The van der Waals surface area contributed by atoms with Gasteiger partial charge in [0.1, 0.15) is 0 Å². The van der Waals surface area contributed by atoms with E-state index in [1.807, 2.05) is 0 Å². The summed E-state index contributed by atoms with van der Waals surface area (Å²) in [6, 6.07) is 0. The maximum Gasteiger partial charge on any atom is 0.303 e. The van der Waals surface area contributed by atoms with E-state index in [4.69, 9.17) is 5.11 Å². The number of nitrogens with one attached hydrogen (secondary N) is 2. The van der Waals surface area contributed by atoms with Crippen molar-refractivity contribution in [3.63, 3.8) is 0 Å². The minimum atomic E-state index is -3.86. The molecular weight excluding hydrogens is 308 g/mol. The van der Waals surface area contributed by atoms with E-state index in [1.54, 1.807) is 6.92 Å². The van der Waals surface area contributed by atoms with Gasteiger partial charge in [-0.3, -0.25) is 9.59 Å². The molecule has 0 radical (unpaired) electrons. The maximum absolute atomic E-state index is 11.9. The molecule has 0 aliphatic rings. The van der Waals surface area contributed by atoms with Crippen molar-refractivity contribution >= 4 is 38.4 Å². The third kappa shape index (κ3) is 5.19. The van der Waals surface area contributed by atoms with Crippen molar-refractivity contribution in [2.75, 3.05) is 11.9 Å². The summed E-state index contributed by atoms with van der Waals surface area (Å²) >= 11 is 0.713. The number of hydrogen-bond donors (Lipinski definition) is 3. The smallest absolute Gasteiger partial charge is 0.303 e. The summed E-state index contributed by atoms with van der Waals surface area (Å²) in [6.45, 7) is 2.85. The lowest BCUT2D eigenvalue weighted by Crippen LogP contribution is -2.29. The van der Waals surface area contributed by atoms with Gasteiger partial charge in [-0.1, -0.05) is 18.3 Å². The van der Waals surface area contributed by atoms with Gasteiger partial charge in [0.15, 0.2) is 0 Å². The number of anilines is 1. The third-order valence-corrected chi connectivity index (χ3v) is 4.69. The molecule has 0 aliphatic heterocycles. The van der Waals surface area contributed by atoms with Crippen LogP contribution in [0.2, 0.25) is 0 Å². The van der Waals surface area contributed by atoms with Crippen LogP contribution in [0.1, 0.15) is 20.3 Å². The van der Waals surface area contributed by atoms with Gasteiger partial charge in [-0.05, 0) is 5.92 Å². The van der Waals surface area contributed by atoms with Gasteiger partial charge in [-0.2, -0.15) is 0 Å². The molecule has 0 aromatic carbocycles. The Hall–Kier alpha value is -1.59. The van der Waals surface area contributed by atoms with Crippen molar-refractivity contribution < 1.29 is 23.1 Å². The molecule has 0 aliphatic carbocycles. The molecule has 1 rings (SSSR count). The summed E-state index contributed by atoms with van der Waals surface area (Å²) in [5.74, 6) is -1.74. The molecule has 1 heterocycles. The van der Waals surface area contributed by atoms with Gasteiger partial charge in [-0.15, -0.1) is 10.2 Å². The molecule has 1 amide bonds. The lowest BCUT2D eigenvalue weighted by molar-refractivity contribution is -0.137. The molecule has 20 heavy (non-hydrogen) atoms. The van der Waals surface area contributed by atoms with E-state index < -0.39 is 16.0 Å². The predicted octanol–water partition coefficient (Wildman–Crippen LogP) is -0.114. The number of sulfonamides is 1. The quantitative estimate of drug-likeness (QED) is 0.595. The molecule has 112 valence electrons. The van der Waals surface area contributed by atoms with Gasteiger partial charge >= 0.3 is 5.97 Å². The predicted molar refractivity (Wildman–Crippen MR) is 70.8 cm³/mol. The first-order chi connectivity index (χ1) is 9.20. The van der Waals surface area contributed by atoms with E-state index in [2.05, 4.69) is 20.2 Å². The number of carboxylic acid groups (broad SMARTS) is 1. The fourth-order valence-electron chi connectivity index (χ4n) is 1.20. The zero-order chi connectivity index (χ0) is 15.3. The van der Waals surface area contributed by atoms with Gasteiger partial charge in [-0.25, -0.2) is 13.1 Å². The Bertz CT molecular complexity index is 597. The lowest BCUT2D eigenvalue weighted by Gasteiger charge is -2.08. The van der Waals surface area contributed by atoms with Crippen LogP contribution in [-0.4, -0.2) is 42.1 Å². The number of rotatable bonds is 7. The average molecular weight is 322 g/mol. The molecule has 0 saturated heterocycles. The molecule has 0 fully saturated rings. The van der Waals surface area contributed by atoms with E-state index in [1.165, 1.54) is 6.92 Å². The number of nitrogens with zero attached hydrogens (tertiary/aromatic N) is 2. The van der Waals surface area contributed by atoms with Crippen LogP contribution in [0.25, 0.3) is 0 Å². The van der Waals surface area contributed by atoms with E-state index in [-0.39, 0.29) is 34.3 Å². The SMILES string of the molecule is CC(=O)Nc1nnc(S(=O)(=O)NCC(C)CC(=O)O)s1. The highest BCUT2D eigenvalue weighted by atomic mass is 32.2. The second-order valence-electron chi connectivity index (χ2n) is 4.11. The first-order valence-electron chi connectivity index (χ1n) is 5.53. The van der Waals surface area contributed by atoms with E-state index >= 15 is 0 Å². The second-order valence-corrected chi connectivity index (χ2v) is 7.03. The summed E-state index contributed by atoms with van der Waals surface area (Å²) in [5, 5.41) is 18.0. The van der Waals surface area contributed by atoms with E-state index in [0.29, 0.717) is 11.3 Å². The Labute approximate surface area is 119 Å². The van der Waals surface area contributed by atoms with Gasteiger partial charge in [0, 0.05) is 19.9 Å². The summed E-state index contributed by atoms with van der Waals surface area (Å²) in [7, 11) is -3.86. The standard InChI is InChI=1S/C9H14N4O5S2/c1-5(3-7(15)16)4-10-20(17,18)9-13-12-8(19-9)11-6(2)14/h5,10H,3-4H2,1-2H3,(H,15,16)(H,11,12,14). The molecule has 9 nitrogen and oxygen atoms in total. The Morgan fingerprint density at radius 1 is 1.40 bits per heavy atom. The number of aromatic nitrogens is 2. The molecule has 1 aromatic rings. The summed E-state index contributed by atoms with van der Waals surface area (Å²) in [5.41, 5.74) is 0. The van der Waals surface area contributed by atoms with Crippen LogP contribution in [0.5, 0.6) is 0 Å². The highest BCUT2D eigenvalue weighted by molar-refractivity contribution is 7.91. The maximum atomic E-state index is 11.9. The molecule has 3 N–H and O–H groups in total. The van der Waals surface area contributed by atoms with Crippen molar-refractivity contribution in [3.05, 3.63) is 0 Å². The molecule has 1 unspecified atom stereocenters. The highest BCUT2D eigenvalue weighted by Gasteiger charge is 2.21. The first-order valence-corrected chi connectivity index (χ1v) is 7.83. The third-order valence-electron chi connectivity index (χ3n) is 2.06. The lowest BCUT2D eigenvalue weighted by atomic mass is 10.1. The van der Waals surface area contributed by atoms with Crippen LogP contribution in [0.15, 0.2) is 4.34 Å².